The number of rotatable bonds is 6. The van der Waals surface area contributed by atoms with Gasteiger partial charge in [-0.15, -0.1) is 0 Å². The molecule has 4 nitrogen and oxygen atoms in total. The number of carbonyl (C=O) groups is 1. The van der Waals surface area contributed by atoms with Gasteiger partial charge in [-0.05, 0) is 61.6 Å². The van der Waals surface area contributed by atoms with Gasteiger partial charge >= 0.3 is 5.97 Å². The van der Waals surface area contributed by atoms with Gasteiger partial charge in [0.05, 0.1) is 13.0 Å². The lowest BCUT2D eigenvalue weighted by atomic mass is 9.96. The van der Waals surface area contributed by atoms with E-state index < -0.39 is 11.9 Å². The highest BCUT2D eigenvalue weighted by Crippen LogP contribution is 2.35. The third-order valence-electron chi connectivity index (χ3n) is 4.40. The molecule has 1 atom stereocenters. The second kappa shape index (κ2) is 7.60. The number of methoxy groups -OCH3 is 1. The summed E-state index contributed by atoms with van der Waals surface area (Å²) in [5.41, 5.74) is 3.72. The molecule has 2 aromatic carbocycles. The highest BCUT2D eigenvalue weighted by Gasteiger charge is 2.17. The van der Waals surface area contributed by atoms with Crippen LogP contribution in [0.2, 0.25) is 0 Å². The fourth-order valence-corrected chi connectivity index (χ4v) is 2.88. The molecule has 0 fully saturated rings. The number of aryl methyl sites for hydroxylation is 2. The zero-order chi connectivity index (χ0) is 18.7. The van der Waals surface area contributed by atoms with Crippen molar-refractivity contribution in [2.75, 3.05) is 7.11 Å². The van der Waals surface area contributed by atoms with Crippen LogP contribution in [0.1, 0.15) is 54.9 Å². The number of hydrogen-bond donors (Lipinski definition) is 1. The Labute approximate surface area is 149 Å². The fraction of sp³-hybridized carbons (Fsp3) is 0.381. The molecule has 0 spiro atoms. The van der Waals surface area contributed by atoms with Crippen LogP contribution in [0.4, 0.5) is 0 Å². The summed E-state index contributed by atoms with van der Waals surface area (Å²) < 4.78 is 11.5. The zero-order valence-electron chi connectivity index (χ0n) is 15.7. The van der Waals surface area contributed by atoms with Gasteiger partial charge in [0.25, 0.3) is 0 Å². The minimum Gasteiger partial charge on any atom is -0.496 e. The molecule has 0 amide bonds. The minimum atomic E-state index is -0.829. The van der Waals surface area contributed by atoms with Crippen LogP contribution in [0.25, 0.3) is 0 Å². The van der Waals surface area contributed by atoms with Gasteiger partial charge < -0.3 is 14.6 Å². The Balaban J connectivity index is 2.38. The number of benzene rings is 2. The lowest BCUT2D eigenvalue weighted by Gasteiger charge is -2.17. The molecule has 0 aliphatic heterocycles. The van der Waals surface area contributed by atoms with Crippen molar-refractivity contribution >= 4 is 5.97 Å². The molecule has 0 aliphatic rings. The molecule has 0 heterocycles. The van der Waals surface area contributed by atoms with Crippen LogP contribution in [0.5, 0.6) is 17.2 Å². The van der Waals surface area contributed by atoms with Gasteiger partial charge in [0.1, 0.15) is 17.2 Å². The summed E-state index contributed by atoms with van der Waals surface area (Å²) in [4.78, 5) is 11.2. The predicted molar refractivity (Wildman–Crippen MR) is 99.1 cm³/mol. The molecule has 0 aromatic heterocycles. The molecule has 0 saturated heterocycles. The first-order valence-corrected chi connectivity index (χ1v) is 8.44. The largest absolute Gasteiger partial charge is 0.496 e. The lowest BCUT2D eigenvalue weighted by Crippen LogP contribution is -2.08. The topological polar surface area (TPSA) is 55.8 Å². The summed E-state index contributed by atoms with van der Waals surface area (Å²) in [7, 11) is 1.67. The predicted octanol–water partition coefficient (Wildman–Crippen LogP) is 5.42. The summed E-state index contributed by atoms with van der Waals surface area (Å²) in [5.74, 6) is 1.31. The Kier molecular flexibility index (Phi) is 5.73. The fourth-order valence-electron chi connectivity index (χ4n) is 2.88. The van der Waals surface area contributed by atoms with E-state index in [1.807, 2.05) is 44.2 Å². The molecule has 134 valence electrons. The summed E-state index contributed by atoms with van der Waals surface area (Å²) in [5, 5.41) is 9.21. The number of carboxylic acid groups (broad SMARTS) is 1. The van der Waals surface area contributed by atoms with Crippen molar-refractivity contribution in [2.24, 2.45) is 0 Å². The Morgan fingerprint density at radius 3 is 2.12 bits per heavy atom. The van der Waals surface area contributed by atoms with Crippen molar-refractivity contribution in [3.05, 3.63) is 52.6 Å². The van der Waals surface area contributed by atoms with Crippen LogP contribution >= 0.6 is 0 Å². The van der Waals surface area contributed by atoms with Crippen molar-refractivity contribution in [3.8, 4) is 17.2 Å². The van der Waals surface area contributed by atoms with E-state index in [1.165, 1.54) is 0 Å². The second-order valence-electron chi connectivity index (χ2n) is 6.70. The number of hydrogen-bond acceptors (Lipinski definition) is 3. The quantitative estimate of drug-likeness (QED) is 0.762. The van der Waals surface area contributed by atoms with E-state index in [0.717, 1.165) is 39.5 Å². The van der Waals surface area contributed by atoms with Crippen LogP contribution in [-0.4, -0.2) is 18.2 Å². The van der Waals surface area contributed by atoms with Crippen LogP contribution in [-0.2, 0) is 4.79 Å². The van der Waals surface area contributed by atoms with Crippen molar-refractivity contribution in [1.82, 2.24) is 0 Å². The van der Waals surface area contributed by atoms with Gasteiger partial charge in [-0.25, -0.2) is 0 Å². The van der Waals surface area contributed by atoms with Crippen LogP contribution in [0.15, 0.2) is 30.3 Å². The van der Waals surface area contributed by atoms with Crippen LogP contribution < -0.4 is 9.47 Å². The number of aliphatic carboxylic acids is 1. The molecule has 0 bridgehead atoms. The van der Waals surface area contributed by atoms with Crippen LogP contribution in [0, 0.1) is 13.8 Å². The van der Waals surface area contributed by atoms with Gasteiger partial charge in [0.2, 0.25) is 0 Å². The maximum atomic E-state index is 11.2. The highest BCUT2D eigenvalue weighted by atomic mass is 16.5. The molecule has 25 heavy (non-hydrogen) atoms. The molecule has 0 aliphatic carbocycles. The maximum Gasteiger partial charge on any atom is 0.310 e. The highest BCUT2D eigenvalue weighted by molar-refractivity contribution is 5.76. The summed E-state index contributed by atoms with van der Waals surface area (Å²) >= 11 is 0. The molecule has 1 N–H and O–H groups in total. The first kappa shape index (κ1) is 18.8. The average Bonchev–Trinajstić information content (AvgIpc) is 2.56. The minimum absolute atomic E-state index is 0.319. The molecular formula is C21H26O4. The molecule has 2 aromatic rings. The average molecular weight is 342 g/mol. The van der Waals surface area contributed by atoms with E-state index >= 15 is 0 Å². The molecular weight excluding hydrogens is 316 g/mol. The van der Waals surface area contributed by atoms with Crippen molar-refractivity contribution in [2.45, 2.75) is 46.5 Å². The van der Waals surface area contributed by atoms with E-state index in [0.29, 0.717) is 5.92 Å². The van der Waals surface area contributed by atoms with Crippen molar-refractivity contribution < 1.29 is 19.4 Å². The summed E-state index contributed by atoms with van der Waals surface area (Å²) in [6.45, 7) is 9.79. The number of carboxylic acids is 1. The molecule has 2 rings (SSSR count). The van der Waals surface area contributed by atoms with E-state index in [9.17, 15) is 9.90 Å². The second-order valence-corrected chi connectivity index (χ2v) is 6.70. The third-order valence-corrected chi connectivity index (χ3v) is 4.40. The van der Waals surface area contributed by atoms with Gasteiger partial charge in [-0.3, -0.25) is 4.79 Å². The van der Waals surface area contributed by atoms with E-state index in [2.05, 4.69) is 13.8 Å². The standard InChI is InChI=1S/C21H26O4/c1-12(2)18-11-17(7-8-19(18)24-6)25-20-13(3)9-16(10-14(20)4)15(5)21(22)23/h7-12,15H,1-6H3,(H,22,23). The first-order chi connectivity index (χ1) is 11.7. The van der Waals surface area contributed by atoms with E-state index in [4.69, 9.17) is 9.47 Å². The van der Waals surface area contributed by atoms with Crippen molar-refractivity contribution in [1.29, 1.82) is 0 Å². The van der Waals surface area contributed by atoms with E-state index in [1.54, 1.807) is 14.0 Å². The zero-order valence-corrected chi connectivity index (χ0v) is 15.7. The maximum absolute atomic E-state index is 11.2. The van der Waals surface area contributed by atoms with Crippen LogP contribution in [0.3, 0.4) is 0 Å². The first-order valence-electron chi connectivity index (χ1n) is 8.44. The Hall–Kier alpha value is -2.49. The third kappa shape index (κ3) is 4.13. The molecule has 4 heteroatoms. The summed E-state index contributed by atoms with van der Waals surface area (Å²) in [6.07, 6.45) is 0. The van der Waals surface area contributed by atoms with Gasteiger partial charge in [0, 0.05) is 5.56 Å². The van der Waals surface area contributed by atoms with E-state index in [-0.39, 0.29) is 0 Å². The van der Waals surface area contributed by atoms with Gasteiger partial charge in [0.15, 0.2) is 0 Å². The number of ether oxygens (including phenoxy) is 2. The molecule has 0 radical (unpaired) electrons. The Morgan fingerprint density at radius 1 is 1.04 bits per heavy atom. The lowest BCUT2D eigenvalue weighted by molar-refractivity contribution is -0.138. The normalized spacial score (nSPS) is 12.1. The Bertz CT molecular complexity index is 754. The smallest absolute Gasteiger partial charge is 0.310 e. The monoisotopic (exact) mass is 342 g/mol. The Morgan fingerprint density at radius 2 is 1.64 bits per heavy atom. The molecule has 1 unspecified atom stereocenters. The van der Waals surface area contributed by atoms with Crippen molar-refractivity contribution in [3.63, 3.8) is 0 Å². The summed E-state index contributed by atoms with van der Waals surface area (Å²) in [6, 6.07) is 9.56. The SMILES string of the molecule is COc1ccc(Oc2c(C)cc(C(C)C(=O)O)cc2C)cc1C(C)C. The van der Waals surface area contributed by atoms with Gasteiger partial charge in [-0.2, -0.15) is 0 Å². The molecule has 0 saturated carbocycles. The van der Waals surface area contributed by atoms with Gasteiger partial charge in [-0.1, -0.05) is 26.0 Å².